The van der Waals surface area contributed by atoms with Crippen LogP contribution in [0, 0.1) is 13.8 Å². The summed E-state index contributed by atoms with van der Waals surface area (Å²) in [6, 6.07) is 7.18. The van der Waals surface area contributed by atoms with Crippen LogP contribution in [0.25, 0.3) is 5.70 Å². The molecule has 1 amide bonds. The van der Waals surface area contributed by atoms with E-state index in [1.807, 2.05) is 44.8 Å². The van der Waals surface area contributed by atoms with Crippen LogP contribution in [0.4, 0.5) is 24.5 Å². The summed E-state index contributed by atoms with van der Waals surface area (Å²) in [6.45, 7) is 5.31. The lowest BCUT2D eigenvalue weighted by Gasteiger charge is -2.23. The standard InChI is InChI=1S/C29H39F3N8O3/c1-18-8-9-20(13-26(18)40(34)17-24(33)23-15-35-39(6)19(23)2)28(41)36-25-14-22(43-29(30,31)32)12-21(27(25)42-7)16-38(5)11-10-37(3)4/h8-9,12-15,17H,10-11,16,33-34H2,1-7H3,(H,36,41)/b24-17-. The molecule has 234 valence electrons. The number of ether oxygens (including phenoxy) is 2. The number of hydrogen-bond donors (Lipinski definition) is 3. The number of carbonyl (C=O) groups excluding carboxylic acids is 1. The van der Waals surface area contributed by atoms with Gasteiger partial charge in [-0.3, -0.25) is 14.5 Å². The first-order valence-corrected chi connectivity index (χ1v) is 13.3. The molecule has 3 rings (SSSR count). The zero-order chi connectivity index (χ0) is 32.1. The average molecular weight is 605 g/mol. The first-order chi connectivity index (χ1) is 20.1. The van der Waals surface area contributed by atoms with Gasteiger partial charge < -0.3 is 30.3 Å². The minimum absolute atomic E-state index is 0.0215. The molecular weight excluding hydrogens is 565 g/mol. The van der Waals surface area contributed by atoms with E-state index in [2.05, 4.69) is 15.2 Å². The molecule has 14 heteroatoms. The third-order valence-corrected chi connectivity index (χ3v) is 6.77. The summed E-state index contributed by atoms with van der Waals surface area (Å²) in [5.41, 5.74) is 10.1. The van der Waals surface area contributed by atoms with Crippen LogP contribution in [0.5, 0.6) is 11.5 Å². The molecular formula is C29H39F3N8O3. The van der Waals surface area contributed by atoms with Gasteiger partial charge >= 0.3 is 6.36 Å². The summed E-state index contributed by atoms with van der Waals surface area (Å²) in [4.78, 5) is 17.3. The van der Waals surface area contributed by atoms with Crippen molar-refractivity contribution in [1.29, 1.82) is 0 Å². The fourth-order valence-electron chi connectivity index (χ4n) is 4.34. The van der Waals surface area contributed by atoms with Gasteiger partial charge in [0.05, 0.1) is 30.4 Å². The van der Waals surface area contributed by atoms with Gasteiger partial charge in [0, 0.05) is 61.3 Å². The summed E-state index contributed by atoms with van der Waals surface area (Å²) in [7, 11) is 8.86. The second-order valence-electron chi connectivity index (χ2n) is 10.5. The highest BCUT2D eigenvalue weighted by Crippen LogP contribution is 2.37. The number of halogens is 3. The molecule has 2 aromatic carbocycles. The Morgan fingerprint density at radius 2 is 1.84 bits per heavy atom. The molecule has 0 bridgehead atoms. The van der Waals surface area contributed by atoms with Crippen LogP contribution in [-0.4, -0.2) is 73.2 Å². The predicted octanol–water partition coefficient (Wildman–Crippen LogP) is 3.83. The van der Waals surface area contributed by atoms with Gasteiger partial charge in [-0.05, 0) is 58.8 Å². The van der Waals surface area contributed by atoms with Gasteiger partial charge in [0.2, 0.25) is 0 Å². The van der Waals surface area contributed by atoms with Crippen LogP contribution in [0.2, 0.25) is 0 Å². The monoisotopic (exact) mass is 604 g/mol. The van der Waals surface area contributed by atoms with Crippen molar-refractivity contribution in [2.45, 2.75) is 26.8 Å². The number of amides is 1. The number of aromatic nitrogens is 2. The number of nitrogens with one attached hydrogen (secondary N) is 1. The lowest BCUT2D eigenvalue weighted by atomic mass is 10.1. The summed E-state index contributed by atoms with van der Waals surface area (Å²) in [6.07, 6.45) is -1.78. The molecule has 43 heavy (non-hydrogen) atoms. The normalized spacial score (nSPS) is 12.2. The molecule has 0 unspecified atom stereocenters. The van der Waals surface area contributed by atoms with Gasteiger partial charge in [0.25, 0.3) is 5.91 Å². The van der Waals surface area contributed by atoms with Crippen LogP contribution in [0.3, 0.4) is 0 Å². The van der Waals surface area contributed by atoms with E-state index < -0.39 is 18.0 Å². The molecule has 0 saturated heterocycles. The average Bonchev–Trinajstić information content (AvgIpc) is 3.24. The maximum Gasteiger partial charge on any atom is 0.573 e. The summed E-state index contributed by atoms with van der Waals surface area (Å²) < 4.78 is 51.0. The highest BCUT2D eigenvalue weighted by molar-refractivity contribution is 6.06. The van der Waals surface area contributed by atoms with E-state index in [4.69, 9.17) is 16.3 Å². The highest BCUT2D eigenvalue weighted by atomic mass is 19.4. The van der Waals surface area contributed by atoms with Crippen molar-refractivity contribution < 1.29 is 27.4 Å². The smallest absolute Gasteiger partial charge is 0.494 e. The third kappa shape index (κ3) is 8.86. The number of likely N-dealkylation sites (N-methyl/N-ethyl adjacent to an activating group) is 2. The van der Waals surface area contributed by atoms with Gasteiger partial charge in [-0.2, -0.15) is 5.10 Å². The number of anilines is 2. The maximum absolute atomic E-state index is 13.4. The van der Waals surface area contributed by atoms with E-state index in [1.165, 1.54) is 24.4 Å². The van der Waals surface area contributed by atoms with Crippen molar-refractivity contribution in [2.24, 2.45) is 18.6 Å². The molecule has 0 aliphatic heterocycles. The Hall–Kier alpha value is -4.27. The summed E-state index contributed by atoms with van der Waals surface area (Å²) in [5.74, 6) is 5.45. The van der Waals surface area contributed by atoms with E-state index in [-0.39, 0.29) is 23.5 Å². The molecule has 0 atom stereocenters. The minimum Gasteiger partial charge on any atom is -0.494 e. The van der Waals surface area contributed by atoms with Crippen molar-refractivity contribution in [2.75, 3.05) is 51.7 Å². The molecule has 3 aromatic rings. The molecule has 11 nitrogen and oxygen atoms in total. The van der Waals surface area contributed by atoms with Crippen LogP contribution in [0.1, 0.15) is 32.7 Å². The molecule has 0 aliphatic rings. The van der Waals surface area contributed by atoms with Crippen LogP contribution in [-0.2, 0) is 13.6 Å². The van der Waals surface area contributed by atoms with Crippen LogP contribution in [0.15, 0.2) is 42.7 Å². The second-order valence-corrected chi connectivity index (χ2v) is 10.5. The predicted molar refractivity (Wildman–Crippen MR) is 160 cm³/mol. The molecule has 0 aliphatic carbocycles. The molecule has 1 heterocycles. The van der Waals surface area contributed by atoms with E-state index in [0.717, 1.165) is 23.9 Å². The number of hydrazine groups is 1. The van der Waals surface area contributed by atoms with Crippen LogP contribution >= 0.6 is 0 Å². The Morgan fingerprint density at radius 1 is 1.14 bits per heavy atom. The third-order valence-electron chi connectivity index (χ3n) is 6.77. The van der Waals surface area contributed by atoms with Crippen molar-refractivity contribution in [3.63, 3.8) is 0 Å². The van der Waals surface area contributed by atoms with Gasteiger partial charge in [-0.25, -0.2) is 5.84 Å². The van der Waals surface area contributed by atoms with Crippen molar-refractivity contribution in [3.05, 3.63) is 70.7 Å². The van der Waals surface area contributed by atoms with Crippen molar-refractivity contribution in [3.8, 4) is 11.5 Å². The topological polar surface area (TPSA) is 127 Å². The number of benzene rings is 2. The number of rotatable bonds is 12. The van der Waals surface area contributed by atoms with E-state index in [0.29, 0.717) is 29.1 Å². The fourth-order valence-corrected chi connectivity index (χ4v) is 4.34. The number of nitrogens with zero attached hydrogens (tertiary/aromatic N) is 5. The molecule has 0 saturated carbocycles. The Balaban J connectivity index is 1.94. The van der Waals surface area contributed by atoms with E-state index >= 15 is 0 Å². The largest absolute Gasteiger partial charge is 0.573 e. The quantitative estimate of drug-likeness (QED) is 0.209. The lowest BCUT2D eigenvalue weighted by molar-refractivity contribution is -0.274. The Labute approximate surface area is 249 Å². The summed E-state index contributed by atoms with van der Waals surface area (Å²) in [5, 5.41) is 8.17. The zero-order valence-corrected chi connectivity index (χ0v) is 25.4. The number of nitrogens with two attached hydrogens (primary N) is 2. The first-order valence-electron chi connectivity index (χ1n) is 13.3. The highest BCUT2D eigenvalue weighted by Gasteiger charge is 2.32. The summed E-state index contributed by atoms with van der Waals surface area (Å²) >= 11 is 0. The number of alkyl halides is 3. The van der Waals surface area contributed by atoms with Gasteiger partial charge in [0.15, 0.2) is 0 Å². The van der Waals surface area contributed by atoms with Crippen molar-refractivity contribution >= 4 is 23.0 Å². The molecule has 5 N–H and O–H groups in total. The molecule has 0 radical (unpaired) electrons. The van der Waals surface area contributed by atoms with Gasteiger partial charge in [-0.15, -0.1) is 13.2 Å². The second kappa shape index (κ2) is 13.8. The number of hydrogen-bond acceptors (Lipinski definition) is 9. The zero-order valence-electron chi connectivity index (χ0n) is 25.4. The molecule has 0 spiro atoms. The number of aryl methyl sites for hydroxylation is 2. The molecule has 0 fully saturated rings. The van der Waals surface area contributed by atoms with Gasteiger partial charge in [0.1, 0.15) is 11.5 Å². The van der Waals surface area contributed by atoms with E-state index in [1.54, 1.807) is 36.1 Å². The SMILES string of the molecule is COc1c(CN(C)CCN(C)C)cc(OC(F)(F)F)cc1NC(=O)c1ccc(C)c(N(N)/C=C(\N)c2cnn(C)c2C)c1. The fraction of sp³-hybridized carbons (Fsp3) is 0.379. The number of carbonyl (C=O) groups is 1. The molecule has 1 aromatic heterocycles. The first kappa shape index (κ1) is 33.2. The van der Waals surface area contributed by atoms with Crippen molar-refractivity contribution in [1.82, 2.24) is 19.6 Å². The maximum atomic E-state index is 13.4. The van der Waals surface area contributed by atoms with Gasteiger partial charge in [-0.1, -0.05) is 6.07 Å². The van der Waals surface area contributed by atoms with Crippen LogP contribution < -0.4 is 31.4 Å². The Kier molecular flexibility index (Phi) is 10.7. The minimum atomic E-state index is -4.93. The Morgan fingerprint density at radius 3 is 2.42 bits per heavy atom. The lowest BCUT2D eigenvalue weighted by Crippen LogP contribution is -2.28. The number of methoxy groups -OCH3 is 1. The Bertz CT molecular complexity index is 1470. The van der Waals surface area contributed by atoms with E-state index in [9.17, 15) is 18.0 Å².